The number of ether oxygens (including phenoxy) is 1. The second-order valence-electron chi connectivity index (χ2n) is 24.4. The minimum absolute atomic E-state index is 0.0135. The van der Waals surface area contributed by atoms with Crippen LogP contribution in [0.15, 0.2) is 161 Å². The standard InChI is InChI=1S/C38H31ClF2N6O7.C38H32F2N6O7/c1-20-14-32-26(16-28(20)40)34(27-17-29(41)31(48)18-33(27)54-32)24-11-6-21(15-25(24)37(50)51)36(49)43-13-5-3-2-4-12-42-35-30(47(52)53)19-44-38(46-35)45-23-9-7-22(39)8-10-23;1-21-15-32-26(17-28(21)39)34(27-18-29(40)31(47)19-33(27)53-32)24-12-11-22(16-25(24)37(49)50)36(48)42-14-8-3-2-7-13-41-35-30(46(51)52)20-43-38(45-35)44-23-9-5-4-6-10-23/h6-11,14-19H,2-5,12-13H2,1H3,(H,43,49)(H,50,51)(H2,42,44,45,46);4-6,9-12,15-20,47H,1-3,7-8,13-14H2,(H,42,48)(H,49,50)(H2,41,43,44,45). The highest BCUT2D eigenvalue weighted by atomic mass is 35.5. The van der Waals surface area contributed by atoms with E-state index in [2.05, 4.69) is 58.4 Å². The van der Waals surface area contributed by atoms with Gasteiger partial charge in [-0.25, -0.2) is 37.1 Å². The predicted octanol–water partition coefficient (Wildman–Crippen LogP) is 14.3. The number of halogens is 5. The van der Waals surface area contributed by atoms with Crippen LogP contribution >= 0.6 is 11.6 Å². The van der Waals surface area contributed by atoms with Crippen LogP contribution in [0.2, 0.25) is 5.02 Å². The largest absolute Gasteiger partial charge is 0.505 e. The number of carbonyl (C=O) groups is 4. The van der Waals surface area contributed by atoms with Gasteiger partial charge in [0.1, 0.15) is 46.9 Å². The number of benzene rings is 8. The predicted molar refractivity (Wildman–Crippen MR) is 391 cm³/mol. The second kappa shape index (κ2) is 33.4. The van der Waals surface area contributed by atoms with Crippen LogP contribution in [0.5, 0.6) is 17.2 Å². The molecule has 9 N–H and O–H groups in total. The lowest BCUT2D eigenvalue weighted by Gasteiger charge is -2.23. The summed E-state index contributed by atoms with van der Waals surface area (Å²) in [5.41, 5.74) is 0.428. The molecule has 0 atom stereocenters. The zero-order valence-electron chi connectivity index (χ0n) is 56.5. The molecule has 4 heterocycles. The number of aromatic nitrogens is 4. The SMILES string of the molecule is C=c1cc2c(cc1F)=C(c1ccc(C(=O)NCCCCCCNc3nc(Nc4ccccc4)ncc3[N+](=O)[O-])cc1C(=O)O)c1cc(F)c(O)cc1O2.Cc1cc2oc3cc(=O)c(F)cc-3c(-c3ccc(C(=O)NCCCCCCNc4nc(Nc5ccc(Cl)cc5)ncc4[N+](=O)[O-])cc3C(=O)O)c2cc1F. The summed E-state index contributed by atoms with van der Waals surface area (Å²) < 4.78 is 70.2. The number of carboxylic acid groups (broad SMARTS) is 2. The number of hydrogen-bond acceptors (Lipinski definition) is 20. The quantitative estimate of drug-likeness (QED) is 0.00723. The van der Waals surface area contributed by atoms with Crippen molar-refractivity contribution in [2.45, 2.75) is 58.3 Å². The minimum atomic E-state index is -1.38. The Hall–Kier alpha value is -13.4. The fourth-order valence-corrected chi connectivity index (χ4v) is 11.8. The van der Waals surface area contributed by atoms with Gasteiger partial charge in [-0.05, 0) is 146 Å². The van der Waals surface area contributed by atoms with Crippen LogP contribution in [-0.4, -0.2) is 95.0 Å². The van der Waals surface area contributed by atoms with Crippen LogP contribution in [0.25, 0.3) is 45.6 Å². The first-order chi connectivity index (χ1) is 51.4. The third-order valence-electron chi connectivity index (χ3n) is 17.0. The zero-order chi connectivity index (χ0) is 76.2. The van der Waals surface area contributed by atoms with Crippen LogP contribution in [0.3, 0.4) is 0 Å². The summed E-state index contributed by atoms with van der Waals surface area (Å²) >= 11 is 5.92. The number of nitrogens with zero attached hydrogens (tertiary/aromatic N) is 6. The third kappa shape index (κ3) is 17.8. The molecule has 0 saturated carbocycles. The number of phenolic OH excluding ortho intramolecular Hbond substituents is 1. The van der Waals surface area contributed by atoms with Crippen molar-refractivity contribution in [2.24, 2.45) is 0 Å². The molecule has 107 heavy (non-hydrogen) atoms. The molecule has 9 aromatic rings. The lowest BCUT2D eigenvalue weighted by atomic mass is 9.88. The third-order valence-corrected chi connectivity index (χ3v) is 17.3. The summed E-state index contributed by atoms with van der Waals surface area (Å²) in [5.74, 6) is -7.21. The number of aryl methyl sites for hydroxylation is 1. The van der Waals surface area contributed by atoms with Crippen molar-refractivity contribution in [3.05, 3.63) is 260 Å². The Balaban J connectivity index is 0.000000213. The van der Waals surface area contributed by atoms with Gasteiger partial charge in [0.25, 0.3) is 11.8 Å². The number of nitrogens with one attached hydrogen (secondary N) is 6. The number of aromatic carboxylic acids is 2. The van der Waals surface area contributed by atoms with E-state index in [-0.39, 0.29) is 135 Å². The minimum Gasteiger partial charge on any atom is -0.505 e. The summed E-state index contributed by atoms with van der Waals surface area (Å²) in [5, 5.41) is 71.7. The molecule has 2 aliphatic heterocycles. The van der Waals surface area contributed by atoms with Gasteiger partial charge in [0, 0.05) is 104 Å². The molecule has 0 spiro atoms. The molecule has 0 fully saturated rings. The lowest BCUT2D eigenvalue weighted by Crippen LogP contribution is -2.25. The number of unbranched alkanes of at least 4 members (excludes halogenated alkanes) is 6. The lowest BCUT2D eigenvalue weighted by molar-refractivity contribution is -0.384. The van der Waals surface area contributed by atoms with E-state index in [1.807, 2.05) is 30.3 Å². The number of amides is 2. The maximum absolute atomic E-state index is 14.8. The van der Waals surface area contributed by atoms with Gasteiger partial charge in [-0.15, -0.1) is 0 Å². The number of phenols is 1. The molecule has 0 bridgehead atoms. The Morgan fingerprint density at radius 3 is 1.66 bits per heavy atom. The molecule has 0 saturated heterocycles. The fourth-order valence-electron chi connectivity index (χ4n) is 11.7. The Labute approximate surface area is 609 Å². The molecule has 2 aromatic heterocycles. The molecule has 7 aromatic carbocycles. The summed E-state index contributed by atoms with van der Waals surface area (Å²) in [6.07, 6.45) is 7.71. The number of hydrogen-bond donors (Lipinski definition) is 9. The van der Waals surface area contributed by atoms with Crippen molar-refractivity contribution in [2.75, 3.05) is 47.4 Å². The van der Waals surface area contributed by atoms with Gasteiger partial charge < -0.3 is 56.4 Å². The number of rotatable bonds is 28. The van der Waals surface area contributed by atoms with Crippen LogP contribution < -0.4 is 52.5 Å². The van der Waals surface area contributed by atoms with Gasteiger partial charge in [-0.3, -0.25) is 34.6 Å². The monoisotopic (exact) mass is 1480 g/mol. The molecule has 26 nitrogen and oxygen atoms in total. The van der Waals surface area contributed by atoms with E-state index < -0.39 is 68.0 Å². The number of nitro groups is 2. The highest BCUT2D eigenvalue weighted by molar-refractivity contribution is 6.30. The molecular formula is C76H63ClF4N12O14. The summed E-state index contributed by atoms with van der Waals surface area (Å²) in [4.78, 5) is 102. The fraction of sp³-hybridized carbons (Fsp3) is 0.171. The van der Waals surface area contributed by atoms with E-state index in [1.54, 1.807) is 24.3 Å². The van der Waals surface area contributed by atoms with Crippen molar-refractivity contribution in [3.63, 3.8) is 0 Å². The topological polar surface area (TPSA) is 378 Å². The van der Waals surface area contributed by atoms with E-state index in [9.17, 15) is 77.1 Å². The van der Waals surface area contributed by atoms with Crippen molar-refractivity contribution >= 4 is 105 Å². The smallest absolute Gasteiger partial charge is 0.336 e. The molecule has 1 aliphatic carbocycles. The maximum atomic E-state index is 14.8. The molecule has 2 amide bonds. The first-order valence-electron chi connectivity index (χ1n) is 33.2. The molecule has 12 rings (SSSR count). The number of anilines is 6. The first kappa shape index (κ1) is 74.8. The van der Waals surface area contributed by atoms with Crippen molar-refractivity contribution in [3.8, 4) is 39.7 Å². The maximum Gasteiger partial charge on any atom is 0.336 e. The zero-order valence-corrected chi connectivity index (χ0v) is 57.3. The molecule has 546 valence electrons. The van der Waals surface area contributed by atoms with Crippen LogP contribution in [0.1, 0.15) is 109 Å². The van der Waals surface area contributed by atoms with Crippen molar-refractivity contribution in [1.29, 1.82) is 0 Å². The Bertz CT molecular complexity index is 5470. The van der Waals surface area contributed by atoms with Gasteiger partial charge in [-0.2, -0.15) is 9.97 Å². The Morgan fingerprint density at radius 1 is 0.570 bits per heavy atom. The number of carboxylic acids is 2. The average molecular weight is 1480 g/mol. The van der Waals surface area contributed by atoms with Crippen molar-refractivity contribution < 1.29 is 71.1 Å². The van der Waals surface area contributed by atoms with Crippen molar-refractivity contribution in [1.82, 2.24) is 30.6 Å². The number of fused-ring (bicyclic) bond motifs is 4. The summed E-state index contributed by atoms with van der Waals surface area (Å²) in [6.45, 7) is 6.54. The van der Waals surface area contributed by atoms with Gasteiger partial charge in [0.2, 0.25) is 29.0 Å². The first-order valence-corrected chi connectivity index (χ1v) is 33.5. The number of aromatic hydroxyl groups is 1. The molecule has 3 aliphatic rings. The van der Waals surface area contributed by atoms with Crippen LogP contribution in [0, 0.1) is 50.4 Å². The summed E-state index contributed by atoms with van der Waals surface area (Å²) in [7, 11) is 0. The van der Waals surface area contributed by atoms with E-state index in [0.717, 1.165) is 73.7 Å². The van der Waals surface area contributed by atoms with Crippen LogP contribution in [0.4, 0.5) is 63.8 Å². The van der Waals surface area contributed by atoms with E-state index in [1.165, 1.54) is 55.5 Å². The van der Waals surface area contributed by atoms with E-state index in [4.69, 9.17) is 20.8 Å². The van der Waals surface area contributed by atoms with Gasteiger partial charge >= 0.3 is 23.3 Å². The van der Waals surface area contributed by atoms with Gasteiger partial charge in [0.05, 0.1) is 21.0 Å². The second-order valence-corrected chi connectivity index (χ2v) is 24.8. The van der Waals surface area contributed by atoms with Gasteiger partial charge in [-0.1, -0.05) is 74.2 Å². The number of carbonyl (C=O) groups excluding carboxylic acids is 2. The normalized spacial score (nSPS) is 11.3. The Morgan fingerprint density at radius 2 is 1.10 bits per heavy atom. The van der Waals surface area contributed by atoms with Crippen LogP contribution in [-0.2, 0) is 0 Å². The summed E-state index contributed by atoms with van der Waals surface area (Å²) in [6, 6.07) is 32.8. The highest BCUT2D eigenvalue weighted by Gasteiger charge is 2.29. The van der Waals surface area contributed by atoms with Gasteiger partial charge in [0.15, 0.2) is 17.4 Å². The average Bonchev–Trinajstić information content (AvgIpc) is 0.746. The highest BCUT2D eigenvalue weighted by Crippen LogP contribution is 2.44. The van der Waals surface area contributed by atoms with E-state index in [0.29, 0.717) is 69.0 Å². The molecule has 0 unspecified atom stereocenters. The molecule has 31 heteroatoms. The number of para-hydroxylation sites is 1. The molecular weight excluding hydrogens is 1420 g/mol. The Kier molecular flexibility index (Phi) is 23.3. The molecule has 0 radical (unpaired) electrons. The van der Waals surface area contributed by atoms with E-state index >= 15 is 0 Å².